The van der Waals surface area contributed by atoms with E-state index < -0.39 is 23.2 Å². The van der Waals surface area contributed by atoms with Crippen LogP contribution >= 0.6 is 0 Å². The van der Waals surface area contributed by atoms with Crippen LogP contribution in [-0.4, -0.2) is 38.7 Å². The zero-order valence-electron chi connectivity index (χ0n) is 16.4. The van der Waals surface area contributed by atoms with E-state index in [9.17, 15) is 19.7 Å². The predicted octanol–water partition coefficient (Wildman–Crippen LogP) is 3.21. The van der Waals surface area contributed by atoms with E-state index in [1.54, 1.807) is 19.1 Å². The first-order chi connectivity index (χ1) is 13.7. The SMILES string of the molecule is Cc1ccc2c(c1)C(c1ccc([N+](=O)[O-])c(C)c1)=NN(C(=O)CC(=O)O)C(C)C2. The molecule has 1 heterocycles. The molecule has 29 heavy (non-hydrogen) atoms. The maximum Gasteiger partial charge on any atom is 0.312 e. The molecule has 150 valence electrons. The molecule has 2 aromatic rings. The van der Waals surface area contributed by atoms with E-state index in [1.165, 1.54) is 11.1 Å². The zero-order valence-corrected chi connectivity index (χ0v) is 16.4. The molecule has 1 amide bonds. The first-order valence-electron chi connectivity index (χ1n) is 9.15. The van der Waals surface area contributed by atoms with Gasteiger partial charge in [0.2, 0.25) is 0 Å². The fraction of sp³-hybridized carbons (Fsp3) is 0.286. The van der Waals surface area contributed by atoms with Crippen molar-refractivity contribution >= 4 is 23.3 Å². The van der Waals surface area contributed by atoms with E-state index in [1.807, 2.05) is 32.0 Å². The Hall–Kier alpha value is -3.55. The van der Waals surface area contributed by atoms with Gasteiger partial charge >= 0.3 is 5.97 Å². The third-order valence-electron chi connectivity index (χ3n) is 4.89. The Morgan fingerprint density at radius 2 is 1.97 bits per heavy atom. The molecule has 0 aromatic heterocycles. The van der Waals surface area contributed by atoms with Gasteiger partial charge in [0.15, 0.2) is 0 Å². The lowest BCUT2D eigenvalue weighted by Gasteiger charge is -2.22. The molecule has 8 heteroatoms. The molecule has 0 fully saturated rings. The highest BCUT2D eigenvalue weighted by Gasteiger charge is 2.28. The Morgan fingerprint density at radius 1 is 1.24 bits per heavy atom. The summed E-state index contributed by atoms with van der Waals surface area (Å²) in [6, 6.07) is 10.3. The number of nitro benzene ring substituents is 1. The van der Waals surface area contributed by atoms with Crippen LogP contribution in [0.4, 0.5) is 5.69 Å². The quantitative estimate of drug-likeness (QED) is 0.485. The molecule has 1 unspecified atom stereocenters. The van der Waals surface area contributed by atoms with Crippen molar-refractivity contribution in [3.05, 3.63) is 74.3 Å². The van der Waals surface area contributed by atoms with Gasteiger partial charge in [0, 0.05) is 22.8 Å². The third-order valence-corrected chi connectivity index (χ3v) is 4.89. The number of fused-ring (bicyclic) bond motifs is 1. The molecule has 0 spiro atoms. The average molecular weight is 395 g/mol. The fourth-order valence-electron chi connectivity index (χ4n) is 3.49. The molecule has 0 radical (unpaired) electrons. The van der Waals surface area contributed by atoms with Gasteiger partial charge in [-0.05, 0) is 51.0 Å². The van der Waals surface area contributed by atoms with Crippen molar-refractivity contribution in [3.8, 4) is 0 Å². The molecule has 8 nitrogen and oxygen atoms in total. The number of hydrogen-bond donors (Lipinski definition) is 1. The number of carboxylic acids is 1. The molecular formula is C21H21N3O5. The summed E-state index contributed by atoms with van der Waals surface area (Å²) in [7, 11) is 0. The highest BCUT2D eigenvalue weighted by atomic mass is 16.6. The van der Waals surface area contributed by atoms with Crippen LogP contribution in [0.5, 0.6) is 0 Å². The van der Waals surface area contributed by atoms with Gasteiger partial charge in [-0.15, -0.1) is 0 Å². The number of carbonyl (C=O) groups is 2. The minimum atomic E-state index is -1.22. The highest BCUT2D eigenvalue weighted by Crippen LogP contribution is 2.27. The summed E-state index contributed by atoms with van der Waals surface area (Å²) in [6.45, 7) is 5.41. The number of aryl methyl sites for hydroxylation is 2. The van der Waals surface area contributed by atoms with Crippen molar-refractivity contribution in [2.75, 3.05) is 0 Å². The Balaban J connectivity index is 2.19. The lowest BCUT2D eigenvalue weighted by molar-refractivity contribution is -0.385. The van der Waals surface area contributed by atoms with E-state index in [0.29, 0.717) is 23.3 Å². The number of hydrazone groups is 1. The second-order valence-electron chi connectivity index (χ2n) is 7.23. The summed E-state index contributed by atoms with van der Waals surface area (Å²) >= 11 is 0. The number of benzene rings is 2. The molecule has 0 aliphatic carbocycles. The molecule has 0 bridgehead atoms. The van der Waals surface area contributed by atoms with E-state index >= 15 is 0 Å². The molecule has 1 aliphatic rings. The van der Waals surface area contributed by atoms with Crippen molar-refractivity contribution in [2.24, 2.45) is 5.10 Å². The lowest BCUT2D eigenvalue weighted by atomic mass is 9.92. The van der Waals surface area contributed by atoms with Crippen LogP contribution in [0.25, 0.3) is 0 Å². The topological polar surface area (TPSA) is 113 Å². The second-order valence-corrected chi connectivity index (χ2v) is 7.23. The summed E-state index contributed by atoms with van der Waals surface area (Å²) in [5.74, 6) is -1.83. The molecule has 3 rings (SSSR count). The normalized spacial score (nSPS) is 15.9. The van der Waals surface area contributed by atoms with Crippen LogP contribution in [0.1, 0.15) is 41.2 Å². The van der Waals surface area contributed by atoms with Crippen molar-refractivity contribution in [1.29, 1.82) is 0 Å². The van der Waals surface area contributed by atoms with Crippen LogP contribution < -0.4 is 0 Å². The molecule has 1 aliphatic heterocycles. The molecule has 2 aromatic carbocycles. The Kier molecular flexibility index (Phi) is 5.45. The number of carboxylic acid groups (broad SMARTS) is 1. The highest BCUT2D eigenvalue weighted by molar-refractivity contribution is 6.14. The Labute approximate surface area is 167 Å². The second kappa shape index (κ2) is 7.83. The first-order valence-corrected chi connectivity index (χ1v) is 9.15. The Bertz CT molecular complexity index is 1040. The van der Waals surface area contributed by atoms with Gasteiger partial charge in [0.1, 0.15) is 6.42 Å². The monoisotopic (exact) mass is 395 g/mol. The summed E-state index contributed by atoms with van der Waals surface area (Å²) in [5, 5.41) is 25.9. The van der Waals surface area contributed by atoms with Crippen molar-refractivity contribution < 1.29 is 19.6 Å². The van der Waals surface area contributed by atoms with Gasteiger partial charge in [0.25, 0.3) is 11.6 Å². The van der Waals surface area contributed by atoms with Crippen molar-refractivity contribution in [2.45, 2.75) is 39.7 Å². The van der Waals surface area contributed by atoms with Crippen LogP contribution in [0.15, 0.2) is 41.5 Å². The van der Waals surface area contributed by atoms with E-state index in [4.69, 9.17) is 5.11 Å². The molecular weight excluding hydrogens is 374 g/mol. The minimum Gasteiger partial charge on any atom is -0.481 e. The van der Waals surface area contributed by atoms with Crippen LogP contribution in [0, 0.1) is 24.0 Å². The van der Waals surface area contributed by atoms with Gasteiger partial charge < -0.3 is 5.11 Å². The average Bonchev–Trinajstić information content (AvgIpc) is 2.76. The maximum atomic E-state index is 12.5. The number of carbonyl (C=O) groups excluding carboxylic acids is 1. The van der Waals surface area contributed by atoms with Gasteiger partial charge in [-0.3, -0.25) is 19.7 Å². The van der Waals surface area contributed by atoms with Gasteiger partial charge in [0.05, 0.1) is 16.7 Å². The number of amides is 1. The van der Waals surface area contributed by atoms with E-state index in [2.05, 4.69) is 5.10 Å². The maximum absolute atomic E-state index is 12.5. The summed E-state index contributed by atoms with van der Waals surface area (Å²) in [6.07, 6.45) is -0.143. The predicted molar refractivity (Wildman–Crippen MR) is 107 cm³/mol. The largest absolute Gasteiger partial charge is 0.481 e. The minimum absolute atomic E-state index is 0.000356. The summed E-state index contributed by atoms with van der Waals surface area (Å²) in [5.41, 5.74) is 4.41. The summed E-state index contributed by atoms with van der Waals surface area (Å²) < 4.78 is 0. The molecule has 0 saturated heterocycles. The standard InChI is InChI=1S/C21H21N3O5/c1-12-4-5-15-10-14(3)23(19(25)11-20(26)27)22-21(17(15)8-12)16-6-7-18(24(28)29)13(2)9-16/h4-9,14H,10-11H2,1-3H3,(H,26,27). The number of hydrogen-bond acceptors (Lipinski definition) is 5. The lowest BCUT2D eigenvalue weighted by Crippen LogP contribution is -2.36. The molecule has 0 saturated carbocycles. The Morgan fingerprint density at radius 3 is 2.59 bits per heavy atom. The summed E-state index contributed by atoms with van der Waals surface area (Å²) in [4.78, 5) is 34.3. The number of nitrogens with zero attached hydrogens (tertiary/aromatic N) is 3. The number of aliphatic carboxylic acids is 1. The van der Waals surface area contributed by atoms with Gasteiger partial charge in [-0.25, -0.2) is 5.01 Å². The smallest absolute Gasteiger partial charge is 0.312 e. The van der Waals surface area contributed by atoms with E-state index in [0.717, 1.165) is 16.7 Å². The third kappa shape index (κ3) is 4.16. The number of nitro groups is 1. The van der Waals surface area contributed by atoms with Crippen LogP contribution in [-0.2, 0) is 16.0 Å². The number of rotatable bonds is 4. The van der Waals surface area contributed by atoms with Gasteiger partial charge in [-0.1, -0.05) is 17.7 Å². The molecule has 1 N–H and O–H groups in total. The first kappa shape index (κ1) is 20.2. The van der Waals surface area contributed by atoms with Crippen molar-refractivity contribution in [3.63, 3.8) is 0 Å². The zero-order chi connectivity index (χ0) is 21.3. The van der Waals surface area contributed by atoms with Gasteiger partial charge in [-0.2, -0.15) is 5.10 Å². The fourth-order valence-corrected chi connectivity index (χ4v) is 3.49. The van der Waals surface area contributed by atoms with E-state index in [-0.39, 0.29) is 11.7 Å². The van der Waals surface area contributed by atoms with Crippen molar-refractivity contribution in [1.82, 2.24) is 5.01 Å². The van der Waals surface area contributed by atoms with Crippen LogP contribution in [0.3, 0.4) is 0 Å². The molecule has 1 atom stereocenters. The van der Waals surface area contributed by atoms with Crippen LogP contribution in [0.2, 0.25) is 0 Å².